The summed E-state index contributed by atoms with van der Waals surface area (Å²) in [6.45, 7) is 8.67. The van der Waals surface area contributed by atoms with Gasteiger partial charge in [-0.05, 0) is 108 Å². The lowest BCUT2D eigenvalue weighted by Crippen LogP contribution is -2.42. The fraction of sp³-hybridized carbons (Fsp3) is 0.545. The molecule has 2 fully saturated rings. The molecule has 5 rings (SSSR count). The second kappa shape index (κ2) is 11.8. The predicted octanol–water partition coefficient (Wildman–Crippen LogP) is 5.31. The summed E-state index contributed by atoms with van der Waals surface area (Å²) in [4.78, 5) is 34.8. The first-order valence-corrected chi connectivity index (χ1v) is 14.7. The molecule has 3 aliphatic rings. The summed E-state index contributed by atoms with van der Waals surface area (Å²) >= 11 is 0. The number of carbonyl (C=O) groups excluding carboxylic acids is 2. The molecule has 40 heavy (non-hydrogen) atoms. The lowest BCUT2D eigenvalue weighted by Gasteiger charge is -2.38. The van der Waals surface area contributed by atoms with Crippen LogP contribution in [0.3, 0.4) is 0 Å². The van der Waals surface area contributed by atoms with Crippen LogP contribution in [-0.4, -0.2) is 59.6 Å². The van der Waals surface area contributed by atoms with E-state index in [-0.39, 0.29) is 23.8 Å². The van der Waals surface area contributed by atoms with Gasteiger partial charge < -0.3 is 14.7 Å². The molecule has 2 aliphatic heterocycles. The molecule has 1 N–H and O–H groups in total. The van der Waals surface area contributed by atoms with E-state index in [2.05, 4.69) is 33.0 Å². The normalized spacial score (nSPS) is 23.3. The van der Waals surface area contributed by atoms with Crippen molar-refractivity contribution < 1.29 is 19.4 Å². The maximum absolute atomic E-state index is 13.2. The standard InChI is InChI=1S/C33H43N3O4/c1-22-5-8-24(9-6-22)31(37)34-30-20-26-10-7-23(21-35-17-15-27(16-18-35)33(2,3)39)19-29(26)36(30)28-13-11-25(12-14-28)32(38)40-4/h5-10,19,25,27-28,39H,11-18,20-21H2,1-4H3. The second-order valence-corrected chi connectivity index (χ2v) is 12.4. The van der Waals surface area contributed by atoms with E-state index in [9.17, 15) is 14.7 Å². The molecule has 214 valence electrons. The van der Waals surface area contributed by atoms with Crippen molar-refractivity contribution in [2.75, 3.05) is 25.1 Å². The minimum Gasteiger partial charge on any atom is -0.469 e. The minimum absolute atomic E-state index is 0.0592. The zero-order valence-corrected chi connectivity index (χ0v) is 24.4. The number of methoxy groups -OCH3 is 1. The number of piperidine rings is 1. The summed E-state index contributed by atoms with van der Waals surface area (Å²) in [5.41, 5.74) is 4.66. The van der Waals surface area contributed by atoms with Crippen molar-refractivity contribution in [3.05, 3.63) is 64.7 Å². The number of benzene rings is 2. The summed E-state index contributed by atoms with van der Waals surface area (Å²) in [6, 6.07) is 14.4. The molecule has 7 nitrogen and oxygen atoms in total. The summed E-state index contributed by atoms with van der Waals surface area (Å²) in [7, 11) is 1.46. The van der Waals surface area contributed by atoms with Crippen molar-refractivity contribution in [1.29, 1.82) is 0 Å². The topological polar surface area (TPSA) is 82.4 Å². The Labute approximate surface area is 238 Å². The molecular weight excluding hydrogens is 502 g/mol. The number of aliphatic imine (C=N–C) groups is 1. The molecule has 1 amide bonds. The number of carbonyl (C=O) groups is 2. The van der Waals surface area contributed by atoms with Gasteiger partial charge in [0.2, 0.25) is 0 Å². The number of amidine groups is 1. The quantitative estimate of drug-likeness (QED) is 0.496. The van der Waals surface area contributed by atoms with Crippen LogP contribution < -0.4 is 4.90 Å². The molecule has 0 unspecified atom stereocenters. The third-order valence-corrected chi connectivity index (χ3v) is 9.15. The Morgan fingerprint density at radius 1 is 1.00 bits per heavy atom. The van der Waals surface area contributed by atoms with E-state index in [1.54, 1.807) is 0 Å². The number of nitrogens with zero attached hydrogens (tertiary/aromatic N) is 3. The first kappa shape index (κ1) is 28.5. The molecule has 1 saturated carbocycles. The monoisotopic (exact) mass is 545 g/mol. The number of amides is 1. The van der Waals surface area contributed by atoms with Crippen LogP contribution in [0.4, 0.5) is 5.69 Å². The van der Waals surface area contributed by atoms with Gasteiger partial charge in [-0.3, -0.25) is 14.5 Å². The molecular formula is C33H43N3O4. The maximum atomic E-state index is 13.2. The predicted molar refractivity (Wildman–Crippen MR) is 158 cm³/mol. The maximum Gasteiger partial charge on any atom is 0.308 e. The number of ether oxygens (including phenoxy) is 1. The number of aryl methyl sites for hydroxylation is 1. The van der Waals surface area contributed by atoms with Crippen LogP contribution in [0.1, 0.15) is 79.4 Å². The third-order valence-electron chi connectivity index (χ3n) is 9.15. The lowest BCUT2D eigenvalue weighted by atomic mass is 9.83. The fourth-order valence-corrected chi connectivity index (χ4v) is 6.65. The molecule has 0 spiro atoms. The number of fused-ring (bicyclic) bond motifs is 1. The van der Waals surface area contributed by atoms with Crippen LogP contribution in [0.25, 0.3) is 0 Å². The highest BCUT2D eigenvalue weighted by molar-refractivity contribution is 6.12. The zero-order valence-electron chi connectivity index (χ0n) is 24.4. The molecule has 2 aromatic rings. The van der Waals surface area contributed by atoms with E-state index >= 15 is 0 Å². The Kier molecular flexibility index (Phi) is 8.43. The van der Waals surface area contributed by atoms with Crippen molar-refractivity contribution in [1.82, 2.24) is 4.90 Å². The van der Waals surface area contributed by atoms with Gasteiger partial charge in [0.15, 0.2) is 0 Å². The molecule has 0 radical (unpaired) electrons. The number of esters is 1. The molecule has 2 heterocycles. The van der Waals surface area contributed by atoms with Crippen LogP contribution in [0.15, 0.2) is 47.5 Å². The van der Waals surface area contributed by atoms with Crippen LogP contribution in [-0.2, 0) is 22.5 Å². The van der Waals surface area contributed by atoms with Gasteiger partial charge in [-0.15, -0.1) is 0 Å². The highest BCUT2D eigenvalue weighted by Gasteiger charge is 2.37. The van der Waals surface area contributed by atoms with Crippen molar-refractivity contribution in [2.24, 2.45) is 16.8 Å². The van der Waals surface area contributed by atoms with Crippen molar-refractivity contribution in [3.8, 4) is 0 Å². The summed E-state index contributed by atoms with van der Waals surface area (Å²) < 4.78 is 5.01. The third kappa shape index (κ3) is 6.31. The van der Waals surface area contributed by atoms with E-state index in [0.29, 0.717) is 17.9 Å². The van der Waals surface area contributed by atoms with Gasteiger partial charge in [0, 0.05) is 30.3 Å². The van der Waals surface area contributed by atoms with Gasteiger partial charge in [0.1, 0.15) is 5.84 Å². The van der Waals surface area contributed by atoms with Gasteiger partial charge in [0.05, 0.1) is 18.6 Å². The average molecular weight is 546 g/mol. The van der Waals surface area contributed by atoms with Crippen molar-refractivity contribution >= 4 is 23.4 Å². The Morgan fingerprint density at radius 3 is 2.30 bits per heavy atom. The van der Waals surface area contributed by atoms with Crippen LogP contribution >= 0.6 is 0 Å². The Balaban J connectivity index is 1.37. The van der Waals surface area contributed by atoms with Gasteiger partial charge >= 0.3 is 5.97 Å². The number of hydrogen-bond acceptors (Lipinski definition) is 5. The van der Waals surface area contributed by atoms with Crippen molar-refractivity contribution in [2.45, 2.75) is 83.9 Å². The molecule has 2 aromatic carbocycles. The number of rotatable bonds is 6. The van der Waals surface area contributed by atoms with E-state index in [1.807, 2.05) is 45.0 Å². The Hall–Kier alpha value is -3.03. The van der Waals surface area contributed by atoms with E-state index in [4.69, 9.17) is 4.74 Å². The van der Waals surface area contributed by atoms with Gasteiger partial charge in [0.25, 0.3) is 5.91 Å². The van der Waals surface area contributed by atoms with Gasteiger partial charge in [-0.2, -0.15) is 4.99 Å². The minimum atomic E-state index is -0.626. The molecule has 1 saturated heterocycles. The fourth-order valence-electron chi connectivity index (χ4n) is 6.65. The molecule has 0 bridgehead atoms. The van der Waals surface area contributed by atoms with E-state index in [1.165, 1.54) is 18.2 Å². The highest BCUT2D eigenvalue weighted by atomic mass is 16.5. The Morgan fingerprint density at radius 2 is 1.68 bits per heavy atom. The smallest absolute Gasteiger partial charge is 0.308 e. The highest BCUT2D eigenvalue weighted by Crippen LogP contribution is 2.38. The SMILES string of the molecule is COC(=O)C1CCC(N2C(=NC(=O)c3ccc(C)cc3)Cc3ccc(CN4CCC(C(C)(C)O)CC4)cc32)CC1. The number of anilines is 1. The first-order chi connectivity index (χ1) is 19.1. The molecule has 7 heteroatoms. The summed E-state index contributed by atoms with van der Waals surface area (Å²) in [5, 5.41) is 10.4. The Bertz CT molecular complexity index is 1250. The van der Waals surface area contributed by atoms with Crippen molar-refractivity contribution in [3.63, 3.8) is 0 Å². The van der Waals surface area contributed by atoms with E-state index in [0.717, 1.165) is 75.2 Å². The number of likely N-dealkylation sites (tertiary alicyclic amines) is 1. The van der Waals surface area contributed by atoms with Crippen LogP contribution in [0.2, 0.25) is 0 Å². The molecule has 0 aromatic heterocycles. The van der Waals surface area contributed by atoms with E-state index < -0.39 is 5.60 Å². The first-order valence-electron chi connectivity index (χ1n) is 14.7. The largest absolute Gasteiger partial charge is 0.469 e. The summed E-state index contributed by atoms with van der Waals surface area (Å²) in [6.07, 6.45) is 5.89. The number of hydrogen-bond donors (Lipinski definition) is 1. The number of aliphatic hydroxyl groups is 1. The van der Waals surface area contributed by atoms with Gasteiger partial charge in [-0.1, -0.05) is 29.8 Å². The lowest BCUT2D eigenvalue weighted by molar-refractivity contribution is -0.146. The van der Waals surface area contributed by atoms with Crippen LogP contribution in [0, 0.1) is 18.8 Å². The molecule has 0 atom stereocenters. The molecule has 1 aliphatic carbocycles. The van der Waals surface area contributed by atoms with Crippen LogP contribution in [0.5, 0.6) is 0 Å². The van der Waals surface area contributed by atoms with Gasteiger partial charge in [-0.25, -0.2) is 0 Å². The average Bonchev–Trinajstić information content (AvgIpc) is 3.29. The zero-order chi connectivity index (χ0) is 28.4. The second-order valence-electron chi connectivity index (χ2n) is 12.4. The summed E-state index contributed by atoms with van der Waals surface area (Å²) in [5.74, 6) is 0.732.